The normalized spacial score (nSPS) is 11.0. The summed E-state index contributed by atoms with van der Waals surface area (Å²) in [6.07, 6.45) is 0. The minimum absolute atomic E-state index is 0.00741. The van der Waals surface area contributed by atoms with Crippen molar-refractivity contribution < 1.29 is 22.7 Å². The van der Waals surface area contributed by atoms with Crippen molar-refractivity contribution in [1.82, 2.24) is 0 Å². The van der Waals surface area contributed by atoms with Crippen LogP contribution in [0.25, 0.3) is 0 Å². The fourth-order valence-corrected chi connectivity index (χ4v) is 3.31. The maximum absolute atomic E-state index is 12.4. The van der Waals surface area contributed by atoms with Gasteiger partial charge in [0.15, 0.2) is 0 Å². The number of carbonyl (C=O) groups excluding carboxylic acids is 1. The maximum atomic E-state index is 12.4. The van der Waals surface area contributed by atoms with Gasteiger partial charge in [0.05, 0.1) is 29.2 Å². The molecular formula is C16H16ClNO5S. The van der Waals surface area contributed by atoms with Gasteiger partial charge in [0.25, 0.3) is 10.0 Å². The van der Waals surface area contributed by atoms with Gasteiger partial charge in [0, 0.05) is 5.69 Å². The van der Waals surface area contributed by atoms with Gasteiger partial charge in [-0.2, -0.15) is 0 Å². The fourth-order valence-electron chi connectivity index (χ4n) is 1.93. The fraction of sp³-hybridized carbons (Fsp3) is 0.188. The van der Waals surface area contributed by atoms with Crippen LogP contribution in [0.3, 0.4) is 0 Å². The first kappa shape index (κ1) is 18.1. The summed E-state index contributed by atoms with van der Waals surface area (Å²) < 4.78 is 37.1. The van der Waals surface area contributed by atoms with E-state index in [0.29, 0.717) is 23.6 Å². The number of ether oxygens (including phenoxy) is 2. The van der Waals surface area contributed by atoms with Crippen LogP contribution in [0.2, 0.25) is 5.02 Å². The Balaban J connectivity index is 2.22. The van der Waals surface area contributed by atoms with Gasteiger partial charge in [-0.05, 0) is 49.4 Å². The van der Waals surface area contributed by atoms with Gasteiger partial charge in [0.1, 0.15) is 5.75 Å². The summed E-state index contributed by atoms with van der Waals surface area (Å²) in [5.41, 5.74) is 0.636. The summed E-state index contributed by atoms with van der Waals surface area (Å²) >= 11 is 6.02. The molecule has 2 aromatic rings. The monoisotopic (exact) mass is 369 g/mol. The average Bonchev–Trinajstić information content (AvgIpc) is 2.56. The van der Waals surface area contributed by atoms with E-state index in [1.54, 1.807) is 6.92 Å². The van der Waals surface area contributed by atoms with E-state index in [9.17, 15) is 13.2 Å². The Morgan fingerprint density at radius 3 is 2.38 bits per heavy atom. The summed E-state index contributed by atoms with van der Waals surface area (Å²) in [7, 11) is -2.54. The molecule has 1 N–H and O–H groups in total. The molecule has 0 saturated heterocycles. The molecule has 0 fully saturated rings. The quantitative estimate of drug-likeness (QED) is 0.790. The molecule has 0 heterocycles. The molecule has 0 aliphatic rings. The highest BCUT2D eigenvalue weighted by Crippen LogP contribution is 2.28. The van der Waals surface area contributed by atoms with Crippen molar-refractivity contribution in [1.29, 1.82) is 0 Å². The topological polar surface area (TPSA) is 81.7 Å². The summed E-state index contributed by atoms with van der Waals surface area (Å²) in [6.45, 7) is 2.23. The minimum Gasteiger partial charge on any atom is -0.492 e. The zero-order valence-corrected chi connectivity index (χ0v) is 14.6. The third-order valence-corrected chi connectivity index (χ3v) is 4.75. The lowest BCUT2D eigenvalue weighted by atomic mass is 10.2. The van der Waals surface area contributed by atoms with Crippen LogP contribution in [0.5, 0.6) is 5.75 Å². The summed E-state index contributed by atoms with van der Waals surface area (Å²) in [4.78, 5) is 11.4. The highest BCUT2D eigenvalue weighted by atomic mass is 35.5. The summed E-state index contributed by atoms with van der Waals surface area (Å²) in [6, 6.07) is 10.1. The Bertz CT molecular complexity index is 834. The van der Waals surface area contributed by atoms with Crippen LogP contribution in [-0.2, 0) is 14.8 Å². The lowest BCUT2D eigenvalue weighted by Crippen LogP contribution is -2.13. The van der Waals surface area contributed by atoms with Crippen molar-refractivity contribution >= 4 is 33.3 Å². The van der Waals surface area contributed by atoms with Crippen molar-refractivity contribution in [3.63, 3.8) is 0 Å². The predicted molar refractivity (Wildman–Crippen MR) is 91.2 cm³/mol. The number of carbonyl (C=O) groups is 1. The Morgan fingerprint density at radius 1 is 1.17 bits per heavy atom. The van der Waals surface area contributed by atoms with Crippen LogP contribution in [-0.4, -0.2) is 28.1 Å². The van der Waals surface area contributed by atoms with Gasteiger partial charge in [-0.3, -0.25) is 4.72 Å². The molecule has 2 rings (SSSR count). The first-order chi connectivity index (χ1) is 11.4. The van der Waals surface area contributed by atoms with Gasteiger partial charge >= 0.3 is 5.97 Å². The molecule has 0 amide bonds. The van der Waals surface area contributed by atoms with E-state index in [4.69, 9.17) is 16.3 Å². The highest BCUT2D eigenvalue weighted by molar-refractivity contribution is 7.92. The number of methoxy groups -OCH3 is 1. The van der Waals surface area contributed by atoms with E-state index in [2.05, 4.69) is 9.46 Å². The van der Waals surface area contributed by atoms with E-state index in [0.717, 1.165) is 0 Å². The molecule has 0 aromatic heterocycles. The second kappa shape index (κ2) is 7.55. The highest BCUT2D eigenvalue weighted by Gasteiger charge is 2.16. The number of nitrogens with one attached hydrogen (secondary N) is 1. The standard InChI is InChI=1S/C16H16ClNO5S/c1-3-23-15-9-8-13(10-14(15)17)24(20,21)18-12-6-4-11(5-7-12)16(19)22-2/h4-10,18H,3H2,1-2H3. The number of sulfonamides is 1. The minimum atomic E-state index is -3.81. The van der Waals surface area contributed by atoms with E-state index >= 15 is 0 Å². The van der Waals surface area contributed by atoms with E-state index in [-0.39, 0.29) is 9.92 Å². The molecule has 0 unspecified atom stereocenters. The van der Waals surface area contributed by atoms with Gasteiger partial charge in [0.2, 0.25) is 0 Å². The molecular weight excluding hydrogens is 354 g/mol. The predicted octanol–water partition coefficient (Wildman–Crippen LogP) is 3.33. The lowest BCUT2D eigenvalue weighted by molar-refractivity contribution is 0.0601. The Morgan fingerprint density at radius 2 is 1.83 bits per heavy atom. The molecule has 0 aliphatic heterocycles. The number of hydrogen-bond donors (Lipinski definition) is 1. The zero-order chi connectivity index (χ0) is 17.7. The molecule has 128 valence electrons. The molecule has 0 atom stereocenters. The molecule has 2 aromatic carbocycles. The van der Waals surface area contributed by atoms with Crippen LogP contribution < -0.4 is 9.46 Å². The molecule has 0 saturated carbocycles. The Kier molecular flexibility index (Phi) is 5.69. The van der Waals surface area contributed by atoms with Crippen molar-refractivity contribution in [3.05, 3.63) is 53.1 Å². The molecule has 0 aliphatic carbocycles. The number of benzene rings is 2. The Labute approximate surface area is 145 Å². The molecule has 0 radical (unpaired) electrons. The van der Waals surface area contributed by atoms with Gasteiger partial charge in [-0.1, -0.05) is 11.6 Å². The van der Waals surface area contributed by atoms with Crippen LogP contribution in [0, 0.1) is 0 Å². The second-order valence-corrected chi connectivity index (χ2v) is 6.79. The summed E-state index contributed by atoms with van der Waals surface area (Å²) in [5, 5.41) is 0.209. The van der Waals surface area contributed by atoms with Gasteiger partial charge in [-0.25, -0.2) is 13.2 Å². The molecule has 6 nitrogen and oxygen atoms in total. The largest absolute Gasteiger partial charge is 0.492 e. The van der Waals surface area contributed by atoms with Crippen LogP contribution in [0.4, 0.5) is 5.69 Å². The Hall–Kier alpha value is -2.25. The van der Waals surface area contributed by atoms with Crippen molar-refractivity contribution in [3.8, 4) is 5.75 Å². The van der Waals surface area contributed by atoms with E-state index in [1.807, 2.05) is 0 Å². The van der Waals surface area contributed by atoms with Gasteiger partial charge in [-0.15, -0.1) is 0 Å². The maximum Gasteiger partial charge on any atom is 0.337 e. The first-order valence-corrected chi connectivity index (χ1v) is 8.87. The number of esters is 1. The molecule has 0 bridgehead atoms. The van der Waals surface area contributed by atoms with Crippen LogP contribution in [0.15, 0.2) is 47.4 Å². The molecule has 8 heteroatoms. The lowest BCUT2D eigenvalue weighted by Gasteiger charge is -2.11. The zero-order valence-electron chi connectivity index (χ0n) is 13.1. The number of hydrogen-bond acceptors (Lipinski definition) is 5. The third kappa shape index (κ3) is 4.18. The average molecular weight is 370 g/mol. The second-order valence-electron chi connectivity index (χ2n) is 4.70. The molecule has 24 heavy (non-hydrogen) atoms. The van der Waals surface area contributed by atoms with Gasteiger partial charge < -0.3 is 9.47 Å². The number of halogens is 1. The van der Waals surface area contributed by atoms with Crippen molar-refractivity contribution in [2.24, 2.45) is 0 Å². The van der Waals surface area contributed by atoms with Crippen molar-refractivity contribution in [2.75, 3.05) is 18.4 Å². The SMILES string of the molecule is CCOc1ccc(S(=O)(=O)Nc2ccc(C(=O)OC)cc2)cc1Cl. The third-order valence-electron chi connectivity index (χ3n) is 3.07. The van der Waals surface area contributed by atoms with E-state index < -0.39 is 16.0 Å². The number of rotatable bonds is 6. The smallest absolute Gasteiger partial charge is 0.337 e. The van der Waals surface area contributed by atoms with Crippen molar-refractivity contribution in [2.45, 2.75) is 11.8 Å². The van der Waals surface area contributed by atoms with E-state index in [1.165, 1.54) is 49.6 Å². The van der Waals surface area contributed by atoms with Crippen LogP contribution >= 0.6 is 11.6 Å². The number of anilines is 1. The first-order valence-electron chi connectivity index (χ1n) is 7.01. The summed E-state index contributed by atoms with van der Waals surface area (Å²) in [5.74, 6) is -0.0803. The molecule has 0 spiro atoms. The van der Waals surface area contributed by atoms with Crippen LogP contribution in [0.1, 0.15) is 17.3 Å².